The van der Waals surface area contributed by atoms with E-state index in [1.807, 2.05) is 19.1 Å². The van der Waals surface area contributed by atoms with Gasteiger partial charge in [-0.3, -0.25) is 4.90 Å². The maximum atomic E-state index is 13.5. The molecular formula is C23H27F2N5O. The molecule has 0 bridgehead atoms. The highest BCUT2D eigenvalue weighted by Gasteiger charge is 2.14. The third-order valence-corrected chi connectivity index (χ3v) is 5.10. The van der Waals surface area contributed by atoms with E-state index >= 15 is 0 Å². The monoisotopic (exact) mass is 427 g/mol. The number of halogens is 2. The number of anilines is 3. The van der Waals surface area contributed by atoms with Gasteiger partial charge in [0.15, 0.2) is 5.82 Å². The number of hydrogen-bond acceptors (Lipinski definition) is 5. The number of nitrogens with zero attached hydrogens (tertiary/aromatic N) is 3. The smallest absolute Gasteiger partial charge is 0.152 e. The molecule has 1 atom stereocenters. The molecule has 1 saturated heterocycles. The SMILES string of the molecule is Cc1cc(Nc2ccn(-c3cc(F)cc(F)c3)n2)cc(NC(C)CN2CCOCC2)c1. The van der Waals surface area contributed by atoms with E-state index < -0.39 is 11.6 Å². The van der Waals surface area contributed by atoms with Gasteiger partial charge in [0, 0.05) is 55.4 Å². The number of benzene rings is 2. The summed E-state index contributed by atoms with van der Waals surface area (Å²) in [4.78, 5) is 2.40. The molecule has 6 nitrogen and oxygen atoms in total. The molecule has 1 aromatic heterocycles. The van der Waals surface area contributed by atoms with Crippen molar-refractivity contribution in [1.82, 2.24) is 14.7 Å². The van der Waals surface area contributed by atoms with Crippen molar-refractivity contribution in [3.8, 4) is 5.69 Å². The van der Waals surface area contributed by atoms with E-state index in [1.165, 1.54) is 16.8 Å². The summed E-state index contributed by atoms with van der Waals surface area (Å²) in [6.45, 7) is 8.67. The maximum absolute atomic E-state index is 13.5. The number of hydrogen-bond donors (Lipinski definition) is 2. The zero-order valence-corrected chi connectivity index (χ0v) is 17.7. The van der Waals surface area contributed by atoms with Crippen molar-refractivity contribution in [2.24, 2.45) is 0 Å². The van der Waals surface area contributed by atoms with Gasteiger partial charge in [-0.25, -0.2) is 13.5 Å². The second-order valence-electron chi connectivity index (χ2n) is 7.94. The Hall–Kier alpha value is -2.97. The Balaban J connectivity index is 1.43. The van der Waals surface area contributed by atoms with Crippen LogP contribution in [-0.4, -0.2) is 53.6 Å². The van der Waals surface area contributed by atoms with E-state index in [1.54, 1.807) is 12.3 Å². The summed E-state index contributed by atoms with van der Waals surface area (Å²) in [5.74, 6) is -0.691. The second-order valence-corrected chi connectivity index (χ2v) is 7.94. The molecule has 0 spiro atoms. The van der Waals surface area contributed by atoms with Crippen molar-refractivity contribution in [2.45, 2.75) is 19.9 Å². The van der Waals surface area contributed by atoms with Crippen LogP contribution in [0.3, 0.4) is 0 Å². The highest BCUT2D eigenvalue weighted by Crippen LogP contribution is 2.23. The first kappa shape index (κ1) is 21.3. The van der Waals surface area contributed by atoms with Crippen LogP contribution in [0.4, 0.5) is 26.0 Å². The average molecular weight is 427 g/mol. The number of rotatable bonds is 7. The van der Waals surface area contributed by atoms with Crippen molar-refractivity contribution >= 4 is 17.2 Å². The molecule has 8 heteroatoms. The minimum atomic E-state index is -0.638. The minimum Gasteiger partial charge on any atom is -0.381 e. The standard InChI is InChI=1S/C23H27F2N5O/c1-16-9-20(26-17(2)15-29-5-7-31-8-6-29)14-21(10-16)27-23-3-4-30(28-23)22-12-18(24)11-19(25)13-22/h3-4,9-14,17,26H,5-8,15H2,1-2H3,(H,27,28). The van der Waals surface area contributed by atoms with Gasteiger partial charge in [0.1, 0.15) is 11.6 Å². The van der Waals surface area contributed by atoms with Crippen LogP contribution in [0.1, 0.15) is 12.5 Å². The van der Waals surface area contributed by atoms with E-state index in [2.05, 4.69) is 33.6 Å². The summed E-state index contributed by atoms with van der Waals surface area (Å²) in [6, 6.07) is 11.5. The van der Waals surface area contributed by atoms with Crippen molar-refractivity contribution in [2.75, 3.05) is 43.5 Å². The van der Waals surface area contributed by atoms with Gasteiger partial charge in [-0.1, -0.05) is 0 Å². The van der Waals surface area contributed by atoms with E-state index in [0.717, 1.165) is 55.9 Å². The van der Waals surface area contributed by atoms with Crippen LogP contribution < -0.4 is 10.6 Å². The summed E-state index contributed by atoms with van der Waals surface area (Å²) >= 11 is 0. The van der Waals surface area contributed by atoms with Gasteiger partial charge >= 0.3 is 0 Å². The lowest BCUT2D eigenvalue weighted by atomic mass is 10.1. The minimum absolute atomic E-state index is 0.287. The molecule has 2 heterocycles. The molecule has 3 aromatic rings. The van der Waals surface area contributed by atoms with E-state index in [0.29, 0.717) is 11.5 Å². The van der Waals surface area contributed by atoms with Crippen LogP contribution in [0.5, 0.6) is 0 Å². The van der Waals surface area contributed by atoms with Gasteiger partial charge in [0.25, 0.3) is 0 Å². The fourth-order valence-electron chi connectivity index (χ4n) is 3.79. The van der Waals surface area contributed by atoms with E-state index in [4.69, 9.17) is 4.74 Å². The molecule has 0 radical (unpaired) electrons. The Morgan fingerprint density at radius 2 is 1.74 bits per heavy atom. The Labute approximate surface area is 180 Å². The van der Waals surface area contributed by atoms with Gasteiger partial charge in [-0.05, 0) is 49.7 Å². The van der Waals surface area contributed by atoms with Gasteiger partial charge in [0.2, 0.25) is 0 Å². The lowest BCUT2D eigenvalue weighted by molar-refractivity contribution is 0.0368. The molecule has 31 heavy (non-hydrogen) atoms. The molecule has 1 unspecified atom stereocenters. The Kier molecular flexibility index (Phi) is 6.48. The number of ether oxygens (including phenoxy) is 1. The zero-order valence-electron chi connectivity index (χ0n) is 17.7. The summed E-state index contributed by atoms with van der Waals surface area (Å²) in [6.07, 6.45) is 1.66. The summed E-state index contributed by atoms with van der Waals surface area (Å²) < 4.78 is 33.8. The summed E-state index contributed by atoms with van der Waals surface area (Å²) in [5, 5.41) is 11.2. The van der Waals surface area contributed by atoms with Crippen LogP contribution in [-0.2, 0) is 4.74 Å². The molecule has 2 aromatic carbocycles. The molecule has 1 aliphatic heterocycles. The molecule has 0 saturated carbocycles. The molecular weight excluding hydrogens is 400 g/mol. The number of aryl methyl sites for hydroxylation is 1. The van der Waals surface area contributed by atoms with Crippen molar-refractivity contribution < 1.29 is 13.5 Å². The van der Waals surface area contributed by atoms with Crippen LogP contribution in [0, 0.1) is 18.6 Å². The van der Waals surface area contributed by atoms with Gasteiger partial charge in [-0.15, -0.1) is 0 Å². The largest absolute Gasteiger partial charge is 0.381 e. The summed E-state index contributed by atoms with van der Waals surface area (Å²) in [5.41, 5.74) is 3.35. The van der Waals surface area contributed by atoms with Gasteiger partial charge < -0.3 is 15.4 Å². The topological polar surface area (TPSA) is 54.4 Å². The molecule has 1 aliphatic rings. The second kappa shape index (κ2) is 9.45. The molecule has 2 N–H and O–H groups in total. The zero-order chi connectivity index (χ0) is 21.8. The van der Waals surface area contributed by atoms with Crippen LogP contribution in [0.2, 0.25) is 0 Å². The maximum Gasteiger partial charge on any atom is 0.152 e. The number of aromatic nitrogens is 2. The van der Waals surface area contributed by atoms with E-state index in [9.17, 15) is 8.78 Å². The first-order valence-corrected chi connectivity index (χ1v) is 10.4. The van der Waals surface area contributed by atoms with Crippen LogP contribution >= 0.6 is 0 Å². The molecule has 0 aliphatic carbocycles. The van der Waals surface area contributed by atoms with Crippen molar-refractivity contribution in [3.63, 3.8) is 0 Å². The predicted molar refractivity (Wildman–Crippen MR) is 118 cm³/mol. The lowest BCUT2D eigenvalue weighted by Crippen LogP contribution is -2.42. The third kappa shape index (κ3) is 5.80. The molecule has 164 valence electrons. The Morgan fingerprint density at radius 3 is 2.48 bits per heavy atom. The quantitative estimate of drug-likeness (QED) is 0.588. The Bertz CT molecular complexity index is 1010. The highest BCUT2D eigenvalue weighted by molar-refractivity contribution is 5.64. The fraction of sp³-hybridized carbons (Fsp3) is 0.348. The van der Waals surface area contributed by atoms with Crippen molar-refractivity contribution in [1.29, 1.82) is 0 Å². The van der Waals surface area contributed by atoms with Crippen LogP contribution in [0.25, 0.3) is 5.69 Å². The first-order chi connectivity index (χ1) is 14.9. The average Bonchev–Trinajstić information content (AvgIpc) is 3.16. The Morgan fingerprint density at radius 1 is 1.03 bits per heavy atom. The number of nitrogens with one attached hydrogen (secondary N) is 2. The van der Waals surface area contributed by atoms with Gasteiger partial charge in [0.05, 0.1) is 18.9 Å². The number of morpholine rings is 1. The first-order valence-electron chi connectivity index (χ1n) is 10.4. The molecule has 4 rings (SSSR count). The predicted octanol–water partition coefficient (Wildman–Crippen LogP) is 4.34. The molecule has 1 fully saturated rings. The van der Waals surface area contributed by atoms with Crippen LogP contribution in [0.15, 0.2) is 48.7 Å². The van der Waals surface area contributed by atoms with E-state index in [-0.39, 0.29) is 6.04 Å². The highest BCUT2D eigenvalue weighted by atomic mass is 19.1. The normalized spacial score (nSPS) is 15.6. The summed E-state index contributed by atoms with van der Waals surface area (Å²) in [7, 11) is 0. The third-order valence-electron chi connectivity index (χ3n) is 5.10. The van der Waals surface area contributed by atoms with Gasteiger partial charge in [-0.2, -0.15) is 5.10 Å². The lowest BCUT2D eigenvalue weighted by Gasteiger charge is -2.29. The molecule has 0 amide bonds. The van der Waals surface area contributed by atoms with Crippen molar-refractivity contribution in [3.05, 3.63) is 65.9 Å². The fourth-order valence-corrected chi connectivity index (χ4v) is 3.79.